The summed E-state index contributed by atoms with van der Waals surface area (Å²) in [5, 5.41) is 18.4. The second kappa shape index (κ2) is 7.33. The minimum absolute atomic E-state index is 0.00859. The molecule has 9 nitrogen and oxygen atoms in total. The third-order valence-electron chi connectivity index (χ3n) is 3.75. The van der Waals surface area contributed by atoms with Crippen LogP contribution in [-0.4, -0.2) is 24.9 Å². The number of pyridine rings is 1. The van der Waals surface area contributed by atoms with Crippen LogP contribution < -0.4 is 10.6 Å². The molecule has 0 amide bonds. The molecule has 0 spiro atoms. The summed E-state index contributed by atoms with van der Waals surface area (Å²) in [5.41, 5.74) is 1.60. The van der Waals surface area contributed by atoms with Crippen LogP contribution in [0.1, 0.15) is 5.56 Å². The van der Waals surface area contributed by atoms with Crippen LogP contribution in [0.3, 0.4) is 0 Å². The molecular weight excluding hydrogens is 402 g/mol. The molecule has 0 aliphatic rings. The van der Waals surface area contributed by atoms with Crippen LogP contribution in [0.4, 0.5) is 28.3 Å². The molecule has 28 heavy (non-hydrogen) atoms. The number of rotatable bonds is 5. The lowest BCUT2D eigenvalue weighted by molar-refractivity contribution is -0.383. The van der Waals surface area contributed by atoms with Crippen molar-refractivity contribution in [1.29, 1.82) is 0 Å². The molecule has 0 aliphatic carbocycles. The lowest BCUT2D eigenvalue weighted by Gasteiger charge is -2.08. The van der Waals surface area contributed by atoms with Gasteiger partial charge in [0.1, 0.15) is 12.1 Å². The van der Waals surface area contributed by atoms with Gasteiger partial charge in [-0.1, -0.05) is 29.0 Å². The Balaban J connectivity index is 1.69. The number of thiazole rings is 1. The van der Waals surface area contributed by atoms with E-state index in [0.717, 1.165) is 15.8 Å². The average Bonchev–Trinajstić information content (AvgIpc) is 3.05. The molecule has 11 heteroatoms. The highest BCUT2D eigenvalue weighted by atomic mass is 35.5. The van der Waals surface area contributed by atoms with Gasteiger partial charge in [0, 0.05) is 6.20 Å². The maximum atomic E-state index is 11.7. The SMILES string of the molecule is Cc1ccc2nc(Nc3ncnc(Nc4ccc(Cl)cn4)c3[N+](=O)[O-])sc2c1. The predicted molar refractivity (Wildman–Crippen MR) is 109 cm³/mol. The molecule has 0 radical (unpaired) electrons. The number of nitro groups is 1. The maximum Gasteiger partial charge on any atom is 0.354 e. The summed E-state index contributed by atoms with van der Waals surface area (Å²) in [6.07, 6.45) is 2.66. The van der Waals surface area contributed by atoms with E-state index in [1.165, 1.54) is 23.9 Å². The number of nitrogens with one attached hydrogen (secondary N) is 2. The van der Waals surface area contributed by atoms with Gasteiger partial charge in [-0.2, -0.15) is 0 Å². The van der Waals surface area contributed by atoms with Crippen molar-refractivity contribution in [2.24, 2.45) is 0 Å². The molecule has 0 bridgehead atoms. The Morgan fingerprint density at radius 3 is 2.61 bits per heavy atom. The van der Waals surface area contributed by atoms with E-state index in [1.807, 2.05) is 25.1 Å². The van der Waals surface area contributed by atoms with Crippen LogP contribution in [-0.2, 0) is 0 Å². The number of benzene rings is 1. The summed E-state index contributed by atoms with van der Waals surface area (Å²) in [4.78, 5) is 27.6. The predicted octanol–water partition coefficient (Wildman–Crippen LogP) is 4.84. The normalized spacial score (nSPS) is 10.8. The fourth-order valence-corrected chi connectivity index (χ4v) is 3.57. The van der Waals surface area contributed by atoms with Gasteiger partial charge in [0.25, 0.3) is 0 Å². The molecule has 2 N–H and O–H groups in total. The summed E-state index contributed by atoms with van der Waals surface area (Å²) in [5.74, 6) is 0.411. The van der Waals surface area contributed by atoms with Gasteiger partial charge in [0.05, 0.1) is 20.2 Å². The van der Waals surface area contributed by atoms with Gasteiger partial charge in [-0.3, -0.25) is 10.1 Å². The number of fused-ring (bicyclic) bond motifs is 1. The van der Waals surface area contributed by atoms with Crippen molar-refractivity contribution in [1.82, 2.24) is 19.9 Å². The second-order valence-electron chi connectivity index (χ2n) is 5.78. The third kappa shape index (κ3) is 3.68. The van der Waals surface area contributed by atoms with Gasteiger partial charge < -0.3 is 10.6 Å². The summed E-state index contributed by atoms with van der Waals surface area (Å²) in [6.45, 7) is 1.99. The van der Waals surface area contributed by atoms with E-state index in [-0.39, 0.29) is 17.3 Å². The zero-order valence-electron chi connectivity index (χ0n) is 14.4. The van der Waals surface area contributed by atoms with E-state index in [1.54, 1.807) is 12.1 Å². The molecule has 4 aromatic rings. The van der Waals surface area contributed by atoms with Crippen molar-refractivity contribution in [3.63, 3.8) is 0 Å². The van der Waals surface area contributed by atoms with E-state index >= 15 is 0 Å². The summed E-state index contributed by atoms with van der Waals surface area (Å²) in [7, 11) is 0. The highest BCUT2D eigenvalue weighted by Gasteiger charge is 2.24. The van der Waals surface area contributed by atoms with Crippen LogP contribution in [0.5, 0.6) is 0 Å². The van der Waals surface area contributed by atoms with Crippen LogP contribution in [0, 0.1) is 17.0 Å². The number of anilines is 4. The largest absolute Gasteiger partial charge is 0.354 e. The molecule has 140 valence electrons. The molecule has 1 aromatic carbocycles. The Morgan fingerprint density at radius 2 is 1.89 bits per heavy atom. The Bertz CT molecular complexity index is 1180. The van der Waals surface area contributed by atoms with Crippen molar-refractivity contribution >= 4 is 61.4 Å². The Morgan fingerprint density at radius 1 is 1.11 bits per heavy atom. The number of halogens is 1. The minimum Gasteiger partial charge on any atom is -0.319 e. The number of nitrogens with zero attached hydrogens (tertiary/aromatic N) is 5. The number of hydrogen-bond donors (Lipinski definition) is 2. The highest BCUT2D eigenvalue weighted by molar-refractivity contribution is 7.22. The summed E-state index contributed by atoms with van der Waals surface area (Å²) < 4.78 is 0.975. The van der Waals surface area contributed by atoms with E-state index in [4.69, 9.17) is 11.6 Å². The quantitative estimate of drug-likeness (QED) is 0.352. The molecule has 0 aliphatic heterocycles. The van der Waals surface area contributed by atoms with E-state index in [0.29, 0.717) is 16.0 Å². The van der Waals surface area contributed by atoms with Crippen LogP contribution >= 0.6 is 22.9 Å². The third-order valence-corrected chi connectivity index (χ3v) is 4.91. The average molecular weight is 414 g/mol. The zero-order valence-corrected chi connectivity index (χ0v) is 16.0. The fourth-order valence-electron chi connectivity index (χ4n) is 2.49. The van der Waals surface area contributed by atoms with Gasteiger partial charge >= 0.3 is 5.69 Å². The van der Waals surface area contributed by atoms with Crippen LogP contribution in [0.25, 0.3) is 10.2 Å². The first-order chi connectivity index (χ1) is 13.5. The maximum absolute atomic E-state index is 11.7. The highest BCUT2D eigenvalue weighted by Crippen LogP contribution is 2.35. The molecule has 0 fully saturated rings. The molecule has 0 saturated heterocycles. The van der Waals surface area contributed by atoms with Crippen molar-refractivity contribution in [2.75, 3.05) is 10.6 Å². The second-order valence-corrected chi connectivity index (χ2v) is 7.25. The van der Waals surface area contributed by atoms with Gasteiger partial charge in [0.15, 0.2) is 5.13 Å². The number of aromatic nitrogens is 4. The van der Waals surface area contributed by atoms with Crippen molar-refractivity contribution < 1.29 is 4.92 Å². The zero-order chi connectivity index (χ0) is 19.7. The Labute approximate surface area is 167 Å². The van der Waals surface area contributed by atoms with Crippen molar-refractivity contribution in [2.45, 2.75) is 6.92 Å². The molecule has 3 heterocycles. The van der Waals surface area contributed by atoms with Crippen molar-refractivity contribution in [3.8, 4) is 0 Å². The molecule has 0 unspecified atom stereocenters. The summed E-state index contributed by atoms with van der Waals surface area (Å²) >= 11 is 7.20. The first-order valence-electron chi connectivity index (χ1n) is 8.02. The lowest BCUT2D eigenvalue weighted by atomic mass is 10.2. The van der Waals surface area contributed by atoms with E-state index < -0.39 is 4.92 Å². The van der Waals surface area contributed by atoms with Crippen LogP contribution in [0.2, 0.25) is 5.02 Å². The first-order valence-corrected chi connectivity index (χ1v) is 9.21. The molecule has 0 saturated carbocycles. The Kier molecular flexibility index (Phi) is 4.72. The van der Waals surface area contributed by atoms with Gasteiger partial charge in [-0.25, -0.2) is 19.9 Å². The first kappa shape index (κ1) is 18.0. The van der Waals surface area contributed by atoms with Crippen molar-refractivity contribution in [3.05, 3.63) is 63.6 Å². The fraction of sp³-hybridized carbons (Fsp3) is 0.0588. The van der Waals surface area contributed by atoms with Gasteiger partial charge in [-0.05, 0) is 36.8 Å². The molecule has 3 aromatic heterocycles. The number of aryl methyl sites for hydroxylation is 1. The molecular formula is C17H12ClN7O2S. The van der Waals surface area contributed by atoms with E-state index in [9.17, 15) is 10.1 Å². The Hall–Kier alpha value is -3.37. The molecule has 4 rings (SSSR count). The number of hydrogen-bond acceptors (Lipinski definition) is 9. The standard InChI is InChI=1S/C17H12ClN7O2S/c1-9-2-4-11-12(6-9)28-17(22-11)24-16-14(25(26)27)15(20-8-21-16)23-13-5-3-10(18)7-19-13/h2-8H,1H3,(H2,19,20,21,22,23,24). The lowest BCUT2D eigenvalue weighted by Crippen LogP contribution is -2.06. The monoisotopic (exact) mass is 413 g/mol. The smallest absolute Gasteiger partial charge is 0.319 e. The van der Waals surface area contributed by atoms with Gasteiger partial charge in [-0.15, -0.1) is 0 Å². The minimum atomic E-state index is -0.557. The molecule has 0 atom stereocenters. The topological polar surface area (TPSA) is 119 Å². The van der Waals surface area contributed by atoms with E-state index in [2.05, 4.69) is 30.6 Å². The van der Waals surface area contributed by atoms with Crippen LogP contribution in [0.15, 0.2) is 42.9 Å². The van der Waals surface area contributed by atoms with Gasteiger partial charge in [0.2, 0.25) is 11.6 Å². The summed E-state index contributed by atoms with van der Waals surface area (Å²) in [6, 6.07) is 9.08.